The standard InChI is InChI=1S/C23H20FN3O5S/c24-19-12-10-17(11-13-19)15-27(33(31,32)20-7-2-1-3-8-20)16-22(28)26-25-14-18-6-4-5-9-21(18)23(29)30/h1-14H,15-16H2,(H,26,28)(H,29,30)/b25-14-. The predicted molar refractivity (Wildman–Crippen MR) is 120 cm³/mol. The van der Waals surface area contributed by atoms with E-state index in [9.17, 15) is 27.5 Å². The van der Waals surface area contributed by atoms with Crippen molar-refractivity contribution in [2.75, 3.05) is 6.54 Å². The van der Waals surface area contributed by atoms with Gasteiger partial charge in [0, 0.05) is 12.1 Å². The summed E-state index contributed by atoms with van der Waals surface area (Å²) in [5, 5.41) is 13.0. The molecule has 0 radical (unpaired) electrons. The van der Waals surface area contributed by atoms with E-state index in [0.717, 1.165) is 10.5 Å². The molecule has 0 aliphatic carbocycles. The Labute approximate surface area is 190 Å². The maximum atomic E-state index is 13.2. The summed E-state index contributed by atoms with van der Waals surface area (Å²) in [7, 11) is -4.05. The van der Waals surface area contributed by atoms with Crippen LogP contribution >= 0.6 is 0 Å². The molecule has 10 heteroatoms. The summed E-state index contributed by atoms with van der Waals surface area (Å²) in [4.78, 5) is 23.7. The van der Waals surface area contributed by atoms with Crippen molar-refractivity contribution in [3.05, 3.63) is 101 Å². The van der Waals surface area contributed by atoms with Crippen LogP contribution in [0, 0.1) is 5.82 Å². The van der Waals surface area contributed by atoms with Crippen LogP contribution < -0.4 is 5.43 Å². The van der Waals surface area contributed by atoms with Crippen molar-refractivity contribution in [3.8, 4) is 0 Å². The normalized spacial score (nSPS) is 11.6. The third kappa shape index (κ3) is 6.31. The molecular weight excluding hydrogens is 449 g/mol. The van der Waals surface area contributed by atoms with E-state index in [1.165, 1.54) is 48.5 Å². The Morgan fingerprint density at radius 3 is 2.27 bits per heavy atom. The third-order valence-corrected chi connectivity index (χ3v) is 6.36. The molecular formula is C23H20FN3O5S. The van der Waals surface area contributed by atoms with Gasteiger partial charge in [-0.3, -0.25) is 4.79 Å². The molecule has 0 spiro atoms. The molecule has 1 amide bonds. The highest BCUT2D eigenvalue weighted by molar-refractivity contribution is 7.89. The number of nitrogens with zero attached hydrogens (tertiary/aromatic N) is 2. The largest absolute Gasteiger partial charge is 0.478 e. The average molecular weight is 469 g/mol. The second-order valence-corrected chi connectivity index (χ2v) is 8.84. The second-order valence-electron chi connectivity index (χ2n) is 6.90. The van der Waals surface area contributed by atoms with Gasteiger partial charge in [-0.1, -0.05) is 48.5 Å². The van der Waals surface area contributed by atoms with Gasteiger partial charge in [0.05, 0.1) is 23.2 Å². The zero-order valence-electron chi connectivity index (χ0n) is 17.3. The summed E-state index contributed by atoms with van der Waals surface area (Å²) in [6.45, 7) is -0.733. The molecule has 3 aromatic rings. The number of aromatic carboxylic acids is 1. The molecule has 0 heterocycles. The number of hydrogen-bond donors (Lipinski definition) is 2. The lowest BCUT2D eigenvalue weighted by Gasteiger charge is -2.21. The molecule has 8 nitrogen and oxygen atoms in total. The first-order chi connectivity index (χ1) is 15.8. The van der Waals surface area contributed by atoms with Gasteiger partial charge in [-0.25, -0.2) is 23.0 Å². The summed E-state index contributed by atoms with van der Waals surface area (Å²) in [6.07, 6.45) is 1.16. The monoisotopic (exact) mass is 469 g/mol. The summed E-state index contributed by atoms with van der Waals surface area (Å²) in [6, 6.07) is 19.0. The van der Waals surface area contributed by atoms with E-state index >= 15 is 0 Å². The molecule has 0 aromatic heterocycles. The number of carbonyl (C=O) groups is 2. The van der Waals surface area contributed by atoms with Gasteiger partial charge in [-0.15, -0.1) is 0 Å². The van der Waals surface area contributed by atoms with Crippen LogP contribution in [-0.4, -0.2) is 42.5 Å². The van der Waals surface area contributed by atoms with Gasteiger partial charge in [-0.2, -0.15) is 9.41 Å². The minimum absolute atomic E-state index is 0.0000840. The second kappa shape index (κ2) is 10.6. The smallest absolute Gasteiger partial charge is 0.336 e. The molecule has 0 bridgehead atoms. The minimum atomic E-state index is -4.05. The summed E-state index contributed by atoms with van der Waals surface area (Å²) >= 11 is 0. The lowest BCUT2D eigenvalue weighted by molar-refractivity contribution is -0.121. The van der Waals surface area contributed by atoms with Crippen LogP contribution in [0.3, 0.4) is 0 Å². The summed E-state index contributed by atoms with van der Waals surface area (Å²) in [5.74, 6) is -2.35. The van der Waals surface area contributed by atoms with E-state index in [1.54, 1.807) is 30.3 Å². The number of rotatable bonds is 9. The van der Waals surface area contributed by atoms with Gasteiger partial charge < -0.3 is 5.11 Å². The Hall–Kier alpha value is -3.89. The van der Waals surface area contributed by atoms with Crippen molar-refractivity contribution in [3.63, 3.8) is 0 Å². The van der Waals surface area contributed by atoms with Crippen molar-refractivity contribution >= 4 is 28.1 Å². The lowest BCUT2D eigenvalue weighted by atomic mass is 10.1. The van der Waals surface area contributed by atoms with Gasteiger partial charge in [0.2, 0.25) is 10.0 Å². The Balaban J connectivity index is 1.79. The van der Waals surface area contributed by atoms with Gasteiger partial charge in [-0.05, 0) is 35.9 Å². The number of carbonyl (C=O) groups excluding carboxylic acids is 1. The molecule has 0 atom stereocenters. The quantitative estimate of drug-likeness (QED) is 0.369. The van der Waals surface area contributed by atoms with Crippen molar-refractivity contribution in [2.45, 2.75) is 11.4 Å². The van der Waals surface area contributed by atoms with Crippen LogP contribution in [0.4, 0.5) is 4.39 Å². The Morgan fingerprint density at radius 2 is 1.61 bits per heavy atom. The summed E-state index contributed by atoms with van der Waals surface area (Å²) in [5.41, 5.74) is 2.98. The number of hydrogen-bond acceptors (Lipinski definition) is 5. The number of carboxylic acids is 1. The summed E-state index contributed by atoms with van der Waals surface area (Å²) < 4.78 is 40.4. The maximum Gasteiger partial charge on any atom is 0.336 e. The number of hydrazone groups is 1. The number of benzene rings is 3. The zero-order valence-corrected chi connectivity index (χ0v) is 18.1. The molecule has 0 saturated carbocycles. The fourth-order valence-electron chi connectivity index (χ4n) is 2.93. The highest BCUT2D eigenvalue weighted by Crippen LogP contribution is 2.18. The van der Waals surface area contributed by atoms with Crippen LogP contribution in [0.15, 0.2) is 88.9 Å². The SMILES string of the molecule is O=C(CN(Cc1ccc(F)cc1)S(=O)(=O)c1ccccc1)N/N=C\c1ccccc1C(=O)O. The van der Waals surface area contributed by atoms with E-state index < -0.39 is 34.3 Å². The van der Waals surface area contributed by atoms with Crippen molar-refractivity contribution in [1.82, 2.24) is 9.73 Å². The molecule has 3 aromatic carbocycles. The molecule has 0 fully saturated rings. The van der Waals surface area contributed by atoms with Gasteiger partial charge >= 0.3 is 5.97 Å². The molecule has 0 unspecified atom stereocenters. The number of amides is 1. The number of carboxylic acid groups (broad SMARTS) is 1. The van der Waals surface area contributed by atoms with Crippen molar-refractivity contribution in [2.24, 2.45) is 5.10 Å². The maximum absolute atomic E-state index is 13.2. The molecule has 170 valence electrons. The molecule has 33 heavy (non-hydrogen) atoms. The van der Waals surface area contributed by atoms with Crippen molar-refractivity contribution < 1.29 is 27.5 Å². The lowest BCUT2D eigenvalue weighted by Crippen LogP contribution is -2.39. The predicted octanol–water partition coefficient (Wildman–Crippen LogP) is 2.87. The van der Waals surface area contributed by atoms with Crippen LogP contribution in [0.5, 0.6) is 0 Å². The highest BCUT2D eigenvalue weighted by atomic mass is 32.2. The van der Waals surface area contributed by atoms with Gasteiger partial charge in [0.1, 0.15) is 5.82 Å². The Morgan fingerprint density at radius 1 is 0.970 bits per heavy atom. The minimum Gasteiger partial charge on any atom is -0.478 e. The van der Waals surface area contributed by atoms with Gasteiger partial charge in [0.15, 0.2) is 0 Å². The Kier molecular flexibility index (Phi) is 7.65. The number of halogens is 1. The Bertz CT molecular complexity index is 1260. The third-order valence-electron chi connectivity index (χ3n) is 4.56. The molecule has 2 N–H and O–H groups in total. The van der Waals surface area contributed by atoms with E-state index in [2.05, 4.69) is 10.5 Å². The van der Waals surface area contributed by atoms with Crippen molar-refractivity contribution in [1.29, 1.82) is 0 Å². The number of nitrogens with one attached hydrogen (secondary N) is 1. The first kappa shape index (κ1) is 23.8. The topological polar surface area (TPSA) is 116 Å². The van der Waals surface area contributed by atoms with Crippen LogP contribution in [0.1, 0.15) is 21.5 Å². The fraction of sp³-hybridized carbons (Fsp3) is 0.0870. The first-order valence-corrected chi connectivity index (χ1v) is 11.2. The van der Waals surface area contributed by atoms with Crippen LogP contribution in [-0.2, 0) is 21.4 Å². The molecule has 0 aliphatic heterocycles. The average Bonchev–Trinajstić information content (AvgIpc) is 2.81. The fourth-order valence-corrected chi connectivity index (χ4v) is 4.34. The molecule has 0 aliphatic rings. The van der Waals surface area contributed by atoms with E-state index in [-0.39, 0.29) is 22.6 Å². The molecule has 0 saturated heterocycles. The molecule has 3 rings (SSSR count). The van der Waals surface area contributed by atoms with Crippen LogP contribution in [0.2, 0.25) is 0 Å². The highest BCUT2D eigenvalue weighted by Gasteiger charge is 2.26. The zero-order chi connectivity index (χ0) is 23.8. The van der Waals surface area contributed by atoms with Crippen LogP contribution in [0.25, 0.3) is 0 Å². The van der Waals surface area contributed by atoms with E-state index in [0.29, 0.717) is 5.56 Å². The van der Waals surface area contributed by atoms with Gasteiger partial charge in [0.25, 0.3) is 5.91 Å². The van der Waals surface area contributed by atoms with E-state index in [1.807, 2.05) is 0 Å². The number of sulfonamides is 1. The van der Waals surface area contributed by atoms with E-state index in [4.69, 9.17) is 0 Å². The first-order valence-electron chi connectivity index (χ1n) is 9.71.